The Labute approximate surface area is 135 Å². The summed E-state index contributed by atoms with van der Waals surface area (Å²) in [4.78, 5) is 0. The molecule has 0 aromatic heterocycles. The maximum Gasteiger partial charge on any atom is 0.127 e. The molecule has 0 amide bonds. The fourth-order valence-electron chi connectivity index (χ4n) is 2.52. The van der Waals surface area contributed by atoms with Gasteiger partial charge in [0.15, 0.2) is 0 Å². The normalized spacial score (nSPS) is 12.4. The zero-order valence-electron chi connectivity index (χ0n) is 11.9. The van der Waals surface area contributed by atoms with Gasteiger partial charge < -0.3 is 5.32 Å². The van der Waals surface area contributed by atoms with Crippen LogP contribution in [0.15, 0.2) is 42.5 Å². The molecule has 0 aliphatic rings. The first-order chi connectivity index (χ1) is 10.1. The minimum atomic E-state index is -0.241. The van der Waals surface area contributed by atoms with Crippen LogP contribution < -0.4 is 5.32 Å². The standard InChI is InChI=1S/C17H18Cl2FN/c1-21-11-13(8-12-4-2-5-14(18)9-12)10-15-16(19)6-3-7-17(15)20/h2-7,9,13,21H,8,10-11H2,1H3. The second kappa shape index (κ2) is 7.79. The predicted molar refractivity (Wildman–Crippen MR) is 87.7 cm³/mol. The molecule has 1 nitrogen and oxygen atoms in total. The molecular weight excluding hydrogens is 308 g/mol. The Hall–Kier alpha value is -1.09. The molecule has 0 fully saturated rings. The molecule has 1 N–H and O–H groups in total. The molecule has 0 heterocycles. The van der Waals surface area contributed by atoms with Crippen LogP contribution in [-0.2, 0) is 12.8 Å². The third kappa shape index (κ3) is 4.70. The lowest BCUT2D eigenvalue weighted by molar-refractivity contribution is 0.480. The smallest absolute Gasteiger partial charge is 0.127 e. The molecule has 0 aliphatic carbocycles. The maximum atomic E-state index is 13.9. The van der Waals surface area contributed by atoms with E-state index in [0.717, 1.165) is 23.6 Å². The number of rotatable bonds is 6. The third-order valence-corrected chi connectivity index (χ3v) is 4.05. The van der Waals surface area contributed by atoms with E-state index in [1.807, 2.05) is 31.3 Å². The average Bonchev–Trinajstić information content (AvgIpc) is 2.43. The van der Waals surface area contributed by atoms with E-state index in [1.54, 1.807) is 12.1 Å². The van der Waals surface area contributed by atoms with Gasteiger partial charge in [0, 0.05) is 15.6 Å². The summed E-state index contributed by atoms with van der Waals surface area (Å²) < 4.78 is 13.9. The summed E-state index contributed by atoms with van der Waals surface area (Å²) >= 11 is 12.1. The maximum absolute atomic E-state index is 13.9. The van der Waals surface area contributed by atoms with Crippen molar-refractivity contribution in [1.82, 2.24) is 5.32 Å². The Morgan fingerprint density at radius 1 is 1.10 bits per heavy atom. The zero-order chi connectivity index (χ0) is 15.2. The lowest BCUT2D eigenvalue weighted by Gasteiger charge is -2.18. The molecule has 2 rings (SSSR count). The number of benzene rings is 2. The van der Waals surface area contributed by atoms with Crippen molar-refractivity contribution in [2.24, 2.45) is 5.92 Å². The molecule has 1 unspecified atom stereocenters. The summed E-state index contributed by atoms with van der Waals surface area (Å²) in [6.45, 7) is 0.789. The molecule has 0 bridgehead atoms. The van der Waals surface area contributed by atoms with E-state index in [0.29, 0.717) is 17.0 Å². The van der Waals surface area contributed by atoms with Crippen LogP contribution in [0.1, 0.15) is 11.1 Å². The highest BCUT2D eigenvalue weighted by molar-refractivity contribution is 6.31. The molecule has 21 heavy (non-hydrogen) atoms. The summed E-state index contributed by atoms with van der Waals surface area (Å²) in [6, 6.07) is 12.6. The van der Waals surface area contributed by atoms with E-state index in [-0.39, 0.29) is 11.7 Å². The van der Waals surface area contributed by atoms with Crippen LogP contribution >= 0.6 is 23.2 Å². The summed E-state index contributed by atoms with van der Waals surface area (Å²) in [5.41, 5.74) is 1.73. The van der Waals surface area contributed by atoms with E-state index in [2.05, 4.69) is 5.32 Å². The van der Waals surface area contributed by atoms with Gasteiger partial charge in [-0.25, -0.2) is 4.39 Å². The molecule has 2 aromatic rings. The van der Waals surface area contributed by atoms with Crippen molar-refractivity contribution in [2.75, 3.05) is 13.6 Å². The fourth-order valence-corrected chi connectivity index (χ4v) is 2.97. The molecule has 112 valence electrons. The van der Waals surface area contributed by atoms with Gasteiger partial charge in [-0.05, 0) is 62.2 Å². The van der Waals surface area contributed by atoms with Gasteiger partial charge in [-0.3, -0.25) is 0 Å². The van der Waals surface area contributed by atoms with Crippen LogP contribution in [-0.4, -0.2) is 13.6 Å². The Kier molecular flexibility index (Phi) is 6.04. The topological polar surface area (TPSA) is 12.0 Å². The first kappa shape index (κ1) is 16.3. The van der Waals surface area contributed by atoms with Crippen molar-refractivity contribution in [3.63, 3.8) is 0 Å². The van der Waals surface area contributed by atoms with Crippen LogP contribution in [0.5, 0.6) is 0 Å². The van der Waals surface area contributed by atoms with Gasteiger partial charge in [0.05, 0.1) is 0 Å². The summed E-state index contributed by atoms with van der Waals surface area (Å²) in [5.74, 6) is 0.0116. The number of hydrogen-bond acceptors (Lipinski definition) is 1. The van der Waals surface area contributed by atoms with Crippen molar-refractivity contribution in [2.45, 2.75) is 12.8 Å². The number of halogens is 3. The first-order valence-electron chi connectivity index (χ1n) is 6.92. The largest absolute Gasteiger partial charge is 0.319 e. The molecule has 0 aliphatic heterocycles. The lowest BCUT2D eigenvalue weighted by Crippen LogP contribution is -2.23. The van der Waals surface area contributed by atoms with E-state index in [1.165, 1.54) is 6.07 Å². The Balaban J connectivity index is 2.16. The highest BCUT2D eigenvalue weighted by Crippen LogP contribution is 2.24. The molecule has 0 radical (unpaired) electrons. The minimum Gasteiger partial charge on any atom is -0.319 e. The van der Waals surface area contributed by atoms with Crippen LogP contribution in [0.25, 0.3) is 0 Å². The van der Waals surface area contributed by atoms with Gasteiger partial charge in [-0.1, -0.05) is 41.4 Å². The quantitative estimate of drug-likeness (QED) is 0.807. The van der Waals surface area contributed by atoms with Gasteiger partial charge in [0.2, 0.25) is 0 Å². The summed E-state index contributed by atoms with van der Waals surface area (Å²) in [7, 11) is 1.90. The molecule has 0 spiro atoms. The van der Waals surface area contributed by atoms with Crippen molar-refractivity contribution in [3.05, 3.63) is 69.5 Å². The molecule has 2 aromatic carbocycles. The summed E-state index contributed by atoms with van der Waals surface area (Å²) in [6.07, 6.45) is 1.42. The van der Waals surface area contributed by atoms with Crippen molar-refractivity contribution in [3.8, 4) is 0 Å². The second-order valence-corrected chi connectivity index (χ2v) is 6.01. The van der Waals surface area contributed by atoms with Gasteiger partial charge in [-0.15, -0.1) is 0 Å². The van der Waals surface area contributed by atoms with Gasteiger partial charge in [-0.2, -0.15) is 0 Å². The molecule has 4 heteroatoms. The second-order valence-electron chi connectivity index (χ2n) is 5.16. The fraction of sp³-hybridized carbons (Fsp3) is 0.294. The first-order valence-corrected chi connectivity index (χ1v) is 7.67. The van der Waals surface area contributed by atoms with E-state index < -0.39 is 0 Å². The van der Waals surface area contributed by atoms with Crippen LogP contribution in [0.2, 0.25) is 10.0 Å². The van der Waals surface area contributed by atoms with Crippen LogP contribution in [0.3, 0.4) is 0 Å². The Bertz CT molecular complexity index is 581. The minimum absolute atomic E-state index is 0.241. The van der Waals surface area contributed by atoms with E-state index in [9.17, 15) is 4.39 Å². The third-order valence-electron chi connectivity index (χ3n) is 3.46. The lowest BCUT2D eigenvalue weighted by atomic mass is 9.92. The molecule has 1 atom stereocenters. The Morgan fingerprint density at radius 2 is 1.86 bits per heavy atom. The highest BCUT2D eigenvalue weighted by atomic mass is 35.5. The molecule has 0 saturated heterocycles. The van der Waals surface area contributed by atoms with Crippen LogP contribution in [0, 0.1) is 11.7 Å². The molecular formula is C17H18Cl2FN. The van der Waals surface area contributed by atoms with Crippen molar-refractivity contribution < 1.29 is 4.39 Å². The van der Waals surface area contributed by atoms with Gasteiger partial charge >= 0.3 is 0 Å². The van der Waals surface area contributed by atoms with E-state index >= 15 is 0 Å². The van der Waals surface area contributed by atoms with Gasteiger partial charge in [0.1, 0.15) is 5.82 Å². The predicted octanol–water partition coefficient (Wildman–Crippen LogP) is 4.75. The molecule has 0 saturated carbocycles. The number of hydrogen-bond donors (Lipinski definition) is 1. The monoisotopic (exact) mass is 325 g/mol. The highest BCUT2D eigenvalue weighted by Gasteiger charge is 2.15. The van der Waals surface area contributed by atoms with E-state index in [4.69, 9.17) is 23.2 Å². The Morgan fingerprint density at radius 3 is 2.52 bits per heavy atom. The SMILES string of the molecule is CNCC(Cc1cccc(Cl)c1)Cc1c(F)cccc1Cl. The van der Waals surface area contributed by atoms with Crippen molar-refractivity contribution in [1.29, 1.82) is 0 Å². The van der Waals surface area contributed by atoms with Crippen LogP contribution in [0.4, 0.5) is 4.39 Å². The summed E-state index contributed by atoms with van der Waals surface area (Å²) in [5, 5.41) is 4.37. The van der Waals surface area contributed by atoms with Gasteiger partial charge in [0.25, 0.3) is 0 Å². The average molecular weight is 326 g/mol. The van der Waals surface area contributed by atoms with Crippen molar-refractivity contribution >= 4 is 23.2 Å². The zero-order valence-corrected chi connectivity index (χ0v) is 13.4. The number of nitrogens with one attached hydrogen (secondary N) is 1.